The Morgan fingerprint density at radius 2 is 1.47 bits per heavy atom. The topological polar surface area (TPSA) is 284 Å². The van der Waals surface area contributed by atoms with Gasteiger partial charge in [-0.2, -0.15) is 0 Å². The minimum Gasteiger partial charge on any atom is -0.508 e. The molecule has 0 aliphatic carbocycles. The molecule has 11 N–H and O–H groups in total. The first-order valence-electron chi connectivity index (χ1n) is 17.1. The number of carboxylic acid groups (broad SMARTS) is 1. The number of aliphatic hydroxyl groups is 1. The summed E-state index contributed by atoms with van der Waals surface area (Å²) < 4.78 is 0. The first-order valence-corrected chi connectivity index (χ1v) is 17.1. The molecule has 1 aliphatic rings. The molecule has 1 saturated heterocycles. The van der Waals surface area contributed by atoms with Gasteiger partial charge in [-0.25, -0.2) is 4.79 Å². The van der Waals surface area contributed by atoms with Gasteiger partial charge in [-0.05, 0) is 68.6 Å². The summed E-state index contributed by atoms with van der Waals surface area (Å²) in [5, 5.41) is 39.2. The molecule has 1 aromatic carbocycles. The molecule has 0 spiro atoms. The highest BCUT2D eigenvalue weighted by atomic mass is 16.4. The number of phenolic OH excluding ortho intramolecular Hbond substituents is 1. The van der Waals surface area contributed by atoms with Crippen molar-refractivity contribution in [1.29, 1.82) is 0 Å². The van der Waals surface area contributed by atoms with Crippen molar-refractivity contribution in [2.45, 2.75) is 115 Å². The summed E-state index contributed by atoms with van der Waals surface area (Å²) in [5.41, 5.74) is 12.1. The van der Waals surface area contributed by atoms with Crippen LogP contribution in [0.2, 0.25) is 0 Å². The van der Waals surface area contributed by atoms with Crippen molar-refractivity contribution in [3.8, 4) is 5.75 Å². The molecule has 0 bridgehead atoms. The molecule has 1 fully saturated rings. The standard InChI is InChI=1S/C34H53N7O10/c1-17(2)15-24(38-29(45)22(35)16-20-8-10-21(43)11-9-20)33(49)41-14-6-7-25(41)31(47)37-23(12-13-26(36)44)30(46)40-28(19(5)42)32(48)39-27(18(3)4)34(50)51/h8-11,17-19,22-25,27-28,42-43H,6-7,12-16,35H2,1-5H3,(H2,36,44)(H,37,47)(H,38,45)(H,39,48)(H,40,46)(H,50,51)/t19-,22+,23+,24+,25+,27+,28+/m1/s1. The first-order chi connectivity index (χ1) is 23.8. The smallest absolute Gasteiger partial charge is 0.326 e. The number of amides is 6. The number of carbonyl (C=O) groups is 7. The van der Waals surface area contributed by atoms with E-state index in [-0.39, 0.29) is 50.3 Å². The molecular formula is C34H53N7O10. The van der Waals surface area contributed by atoms with Crippen molar-refractivity contribution >= 4 is 41.4 Å². The summed E-state index contributed by atoms with van der Waals surface area (Å²) in [6.45, 7) is 8.25. The molecule has 0 unspecified atom stereocenters. The lowest BCUT2D eigenvalue weighted by Gasteiger charge is -2.31. The number of likely N-dealkylation sites (tertiary alicyclic amines) is 1. The summed E-state index contributed by atoms with van der Waals surface area (Å²) in [7, 11) is 0. The summed E-state index contributed by atoms with van der Waals surface area (Å²) >= 11 is 0. The molecule has 7 atom stereocenters. The van der Waals surface area contributed by atoms with Crippen LogP contribution in [0, 0.1) is 11.8 Å². The minimum atomic E-state index is -1.61. The molecule has 17 nitrogen and oxygen atoms in total. The molecule has 0 radical (unpaired) electrons. The van der Waals surface area contributed by atoms with E-state index >= 15 is 0 Å². The largest absolute Gasteiger partial charge is 0.508 e. The van der Waals surface area contributed by atoms with E-state index in [1.807, 2.05) is 13.8 Å². The maximum atomic E-state index is 13.9. The second-order valence-electron chi connectivity index (χ2n) is 13.7. The predicted octanol–water partition coefficient (Wildman–Crippen LogP) is -1.37. The lowest BCUT2D eigenvalue weighted by Crippen LogP contribution is -2.61. The summed E-state index contributed by atoms with van der Waals surface area (Å²) in [6, 6.07) is -1.23. The van der Waals surface area contributed by atoms with E-state index in [4.69, 9.17) is 11.5 Å². The summed E-state index contributed by atoms with van der Waals surface area (Å²) in [4.78, 5) is 91.5. The number of phenols is 1. The molecule has 2 rings (SSSR count). The lowest BCUT2D eigenvalue weighted by atomic mass is 10.0. The highest BCUT2D eigenvalue weighted by molar-refractivity contribution is 5.97. The number of nitrogens with one attached hydrogen (secondary N) is 4. The SMILES string of the molecule is CC(C)C[C@H](NC(=O)[C@@H](N)Cc1ccc(O)cc1)C(=O)N1CCC[C@H]1C(=O)N[C@@H](CCC(N)=O)C(=O)N[C@H](C(=O)N[C@H](C(=O)O)C(C)C)[C@@H](C)O. The fraction of sp³-hybridized carbons (Fsp3) is 0.618. The number of benzene rings is 1. The maximum absolute atomic E-state index is 13.9. The van der Waals surface area contributed by atoms with Crippen LogP contribution in [0.4, 0.5) is 0 Å². The van der Waals surface area contributed by atoms with Gasteiger partial charge in [0.1, 0.15) is 36.0 Å². The van der Waals surface area contributed by atoms with Crippen LogP contribution in [0.3, 0.4) is 0 Å². The highest BCUT2D eigenvalue weighted by Crippen LogP contribution is 2.21. The van der Waals surface area contributed by atoms with Gasteiger partial charge in [0.15, 0.2) is 0 Å². The number of aliphatic hydroxyl groups excluding tert-OH is 1. The van der Waals surface area contributed by atoms with Gasteiger partial charge in [0.2, 0.25) is 35.4 Å². The number of nitrogens with zero attached hydrogens (tertiary/aromatic N) is 1. The Bertz CT molecular complexity index is 1400. The van der Waals surface area contributed by atoms with E-state index in [9.17, 15) is 48.9 Å². The van der Waals surface area contributed by atoms with Crippen molar-refractivity contribution in [1.82, 2.24) is 26.2 Å². The van der Waals surface area contributed by atoms with E-state index in [0.717, 1.165) is 0 Å². The molecule has 51 heavy (non-hydrogen) atoms. The average Bonchev–Trinajstić information content (AvgIpc) is 3.54. The summed E-state index contributed by atoms with van der Waals surface area (Å²) in [5.74, 6) is -6.34. The van der Waals surface area contributed by atoms with Crippen LogP contribution < -0.4 is 32.7 Å². The van der Waals surface area contributed by atoms with Gasteiger partial charge < -0.3 is 53.0 Å². The Kier molecular flexibility index (Phi) is 16.3. The van der Waals surface area contributed by atoms with Crippen molar-refractivity contribution < 1.29 is 48.9 Å². The number of carboxylic acids is 1. The third-order valence-corrected chi connectivity index (χ3v) is 8.49. The van der Waals surface area contributed by atoms with Crippen molar-refractivity contribution in [3.63, 3.8) is 0 Å². The van der Waals surface area contributed by atoms with Crippen LogP contribution in [0.1, 0.15) is 72.3 Å². The van der Waals surface area contributed by atoms with Crippen molar-refractivity contribution in [2.75, 3.05) is 6.54 Å². The van der Waals surface area contributed by atoms with Crippen molar-refractivity contribution in [2.24, 2.45) is 23.3 Å². The monoisotopic (exact) mass is 719 g/mol. The van der Waals surface area contributed by atoms with Gasteiger partial charge in [0.25, 0.3) is 0 Å². The number of primary amides is 1. The van der Waals surface area contributed by atoms with Crippen LogP contribution >= 0.6 is 0 Å². The number of hydrogen-bond donors (Lipinski definition) is 9. The molecule has 6 amide bonds. The van der Waals surface area contributed by atoms with Crippen molar-refractivity contribution in [3.05, 3.63) is 29.8 Å². The predicted molar refractivity (Wildman–Crippen MR) is 184 cm³/mol. The molecule has 1 heterocycles. The molecular weight excluding hydrogens is 666 g/mol. The average molecular weight is 720 g/mol. The highest BCUT2D eigenvalue weighted by Gasteiger charge is 2.40. The fourth-order valence-electron chi connectivity index (χ4n) is 5.69. The Morgan fingerprint density at radius 1 is 0.863 bits per heavy atom. The van der Waals surface area contributed by atoms with Gasteiger partial charge in [-0.1, -0.05) is 39.8 Å². The number of hydrogen-bond acceptors (Lipinski definition) is 10. The zero-order chi connectivity index (χ0) is 38.6. The van der Waals surface area contributed by atoms with E-state index in [1.54, 1.807) is 26.0 Å². The maximum Gasteiger partial charge on any atom is 0.326 e. The Hall–Kier alpha value is -4.77. The van der Waals surface area contributed by atoms with Gasteiger partial charge in [0, 0.05) is 13.0 Å². The van der Waals surface area contributed by atoms with Crippen LogP contribution in [0.25, 0.3) is 0 Å². The number of nitrogens with two attached hydrogens (primary N) is 2. The first kappa shape index (κ1) is 42.4. The van der Waals surface area contributed by atoms with Crippen LogP contribution in [-0.4, -0.2) is 111 Å². The van der Waals surface area contributed by atoms with E-state index in [1.165, 1.54) is 24.0 Å². The zero-order valence-corrected chi connectivity index (χ0v) is 29.8. The van der Waals surface area contributed by atoms with Gasteiger partial charge in [0.05, 0.1) is 12.1 Å². The van der Waals surface area contributed by atoms with Crippen LogP contribution in [-0.2, 0) is 40.0 Å². The van der Waals surface area contributed by atoms with Gasteiger partial charge in [-0.15, -0.1) is 0 Å². The Balaban J connectivity index is 2.22. The third-order valence-electron chi connectivity index (χ3n) is 8.49. The number of aromatic hydroxyl groups is 1. The molecule has 0 aromatic heterocycles. The normalized spacial score (nSPS) is 17.8. The third kappa shape index (κ3) is 13.1. The zero-order valence-electron chi connectivity index (χ0n) is 29.8. The van der Waals surface area contributed by atoms with E-state index in [0.29, 0.717) is 12.0 Å². The second-order valence-corrected chi connectivity index (χ2v) is 13.7. The van der Waals surface area contributed by atoms with Crippen LogP contribution in [0.15, 0.2) is 24.3 Å². The number of aliphatic carboxylic acids is 1. The van der Waals surface area contributed by atoms with Gasteiger partial charge in [-0.3, -0.25) is 28.8 Å². The molecule has 284 valence electrons. The molecule has 1 aliphatic heterocycles. The minimum absolute atomic E-state index is 0.0327. The summed E-state index contributed by atoms with van der Waals surface area (Å²) in [6.07, 6.45) is -1.03. The molecule has 0 saturated carbocycles. The Morgan fingerprint density at radius 3 is 2.00 bits per heavy atom. The number of rotatable bonds is 19. The van der Waals surface area contributed by atoms with Gasteiger partial charge >= 0.3 is 5.97 Å². The molecule has 1 aromatic rings. The van der Waals surface area contributed by atoms with E-state index < -0.39 is 89.7 Å². The lowest BCUT2D eigenvalue weighted by molar-refractivity contribution is -0.144. The fourth-order valence-corrected chi connectivity index (χ4v) is 5.69. The van der Waals surface area contributed by atoms with E-state index in [2.05, 4.69) is 21.3 Å². The van der Waals surface area contributed by atoms with Crippen LogP contribution in [0.5, 0.6) is 5.75 Å². The second kappa shape index (κ2) is 19.6. The molecule has 17 heteroatoms. The Labute approximate surface area is 297 Å². The number of carbonyl (C=O) groups excluding carboxylic acids is 6. The quantitative estimate of drug-likeness (QED) is 0.0804.